The molecule has 2 N–H and O–H groups in total. The molecule has 2 rings (SSSR count). The highest BCUT2D eigenvalue weighted by Crippen LogP contribution is 2.26. The van der Waals surface area contributed by atoms with Crippen molar-refractivity contribution in [3.8, 4) is 0 Å². The molecule has 1 aliphatic heterocycles. The zero-order valence-corrected chi connectivity index (χ0v) is 10.6. The van der Waals surface area contributed by atoms with Gasteiger partial charge in [-0.2, -0.15) is 0 Å². The Balaban J connectivity index is 1.94. The standard InChI is InChI=1S/C13H24N2O2/c14-8-4-9-15(11-5-1-2-6-11)13(16)12-7-3-10-17-12/h11-12H,1-10,14H2. The zero-order valence-electron chi connectivity index (χ0n) is 10.6. The minimum Gasteiger partial charge on any atom is -0.368 e. The first kappa shape index (κ1) is 12.8. The van der Waals surface area contributed by atoms with Crippen LogP contribution in [0.5, 0.6) is 0 Å². The molecule has 1 heterocycles. The molecule has 0 spiro atoms. The van der Waals surface area contributed by atoms with Crippen LogP contribution in [-0.2, 0) is 9.53 Å². The molecule has 1 atom stereocenters. The molecule has 2 aliphatic rings. The van der Waals surface area contributed by atoms with E-state index in [1.165, 1.54) is 12.8 Å². The molecule has 0 aromatic heterocycles. The van der Waals surface area contributed by atoms with Gasteiger partial charge in [-0.3, -0.25) is 4.79 Å². The van der Waals surface area contributed by atoms with Gasteiger partial charge in [0.05, 0.1) is 0 Å². The highest BCUT2D eigenvalue weighted by Gasteiger charge is 2.33. The first-order chi connectivity index (χ1) is 8.33. The van der Waals surface area contributed by atoms with Crippen LogP contribution in [0.1, 0.15) is 44.9 Å². The van der Waals surface area contributed by atoms with Crippen molar-refractivity contribution >= 4 is 5.91 Å². The third-order valence-corrected chi connectivity index (χ3v) is 3.86. The number of nitrogens with zero attached hydrogens (tertiary/aromatic N) is 1. The fourth-order valence-corrected chi connectivity index (χ4v) is 2.91. The van der Waals surface area contributed by atoms with Gasteiger partial charge in [-0.1, -0.05) is 12.8 Å². The highest BCUT2D eigenvalue weighted by atomic mass is 16.5. The average molecular weight is 240 g/mol. The van der Waals surface area contributed by atoms with Crippen molar-refractivity contribution in [2.24, 2.45) is 5.73 Å². The van der Waals surface area contributed by atoms with E-state index in [0.717, 1.165) is 45.3 Å². The lowest BCUT2D eigenvalue weighted by Gasteiger charge is -2.31. The van der Waals surface area contributed by atoms with Gasteiger partial charge in [0.1, 0.15) is 6.10 Å². The second kappa shape index (κ2) is 6.36. The second-order valence-corrected chi connectivity index (χ2v) is 5.11. The number of nitrogens with two attached hydrogens (primary N) is 1. The predicted octanol–water partition coefficient (Wildman–Crippen LogP) is 1.29. The van der Waals surface area contributed by atoms with E-state index in [4.69, 9.17) is 10.5 Å². The topological polar surface area (TPSA) is 55.6 Å². The van der Waals surface area contributed by atoms with Crippen LogP contribution in [0, 0.1) is 0 Å². The Bertz CT molecular complexity index is 246. The van der Waals surface area contributed by atoms with E-state index in [-0.39, 0.29) is 12.0 Å². The van der Waals surface area contributed by atoms with Crippen molar-refractivity contribution in [3.63, 3.8) is 0 Å². The minimum absolute atomic E-state index is 0.173. The molecule has 1 saturated heterocycles. The Kier molecular flexibility index (Phi) is 4.80. The van der Waals surface area contributed by atoms with Crippen LogP contribution in [0.25, 0.3) is 0 Å². The van der Waals surface area contributed by atoms with Gasteiger partial charge in [0.25, 0.3) is 5.91 Å². The molecule has 0 radical (unpaired) electrons. The summed E-state index contributed by atoms with van der Waals surface area (Å²) in [5.74, 6) is 0.211. The molecular formula is C13H24N2O2. The fourth-order valence-electron chi connectivity index (χ4n) is 2.91. The maximum absolute atomic E-state index is 12.4. The van der Waals surface area contributed by atoms with Gasteiger partial charge in [-0.05, 0) is 38.6 Å². The van der Waals surface area contributed by atoms with E-state index in [0.29, 0.717) is 12.6 Å². The average Bonchev–Trinajstić information content (AvgIpc) is 3.02. The van der Waals surface area contributed by atoms with E-state index >= 15 is 0 Å². The summed E-state index contributed by atoms with van der Waals surface area (Å²) < 4.78 is 5.51. The lowest BCUT2D eigenvalue weighted by atomic mass is 10.1. The molecule has 1 amide bonds. The molecule has 4 heteroatoms. The quantitative estimate of drug-likeness (QED) is 0.787. The Morgan fingerprint density at radius 1 is 1.24 bits per heavy atom. The van der Waals surface area contributed by atoms with E-state index in [1.807, 2.05) is 0 Å². The minimum atomic E-state index is -0.173. The third-order valence-electron chi connectivity index (χ3n) is 3.86. The van der Waals surface area contributed by atoms with Crippen molar-refractivity contribution in [3.05, 3.63) is 0 Å². The number of amides is 1. The van der Waals surface area contributed by atoms with Crippen LogP contribution in [0.15, 0.2) is 0 Å². The molecule has 2 fully saturated rings. The number of ether oxygens (including phenoxy) is 1. The highest BCUT2D eigenvalue weighted by molar-refractivity contribution is 5.81. The van der Waals surface area contributed by atoms with Gasteiger partial charge in [-0.15, -0.1) is 0 Å². The number of hydrogen-bond acceptors (Lipinski definition) is 3. The zero-order chi connectivity index (χ0) is 12.1. The van der Waals surface area contributed by atoms with Crippen LogP contribution < -0.4 is 5.73 Å². The summed E-state index contributed by atoms with van der Waals surface area (Å²) in [5.41, 5.74) is 5.56. The maximum Gasteiger partial charge on any atom is 0.251 e. The van der Waals surface area contributed by atoms with Crippen LogP contribution in [0.2, 0.25) is 0 Å². The van der Waals surface area contributed by atoms with Crippen molar-refractivity contribution < 1.29 is 9.53 Å². The molecular weight excluding hydrogens is 216 g/mol. The van der Waals surface area contributed by atoms with Crippen molar-refractivity contribution in [1.29, 1.82) is 0 Å². The maximum atomic E-state index is 12.4. The summed E-state index contributed by atoms with van der Waals surface area (Å²) in [6, 6.07) is 0.443. The third kappa shape index (κ3) is 3.19. The van der Waals surface area contributed by atoms with E-state index < -0.39 is 0 Å². The summed E-state index contributed by atoms with van der Waals surface area (Å²) in [6.45, 7) is 2.20. The Morgan fingerprint density at radius 3 is 2.59 bits per heavy atom. The molecule has 98 valence electrons. The monoisotopic (exact) mass is 240 g/mol. The summed E-state index contributed by atoms with van der Waals surface area (Å²) in [5, 5.41) is 0. The number of hydrogen-bond donors (Lipinski definition) is 1. The predicted molar refractivity (Wildman–Crippen MR) is 66.6 cm³/mol. The molecule has 0 aromatic carbocycles. The molecule has 1 aliphatic carbocycles. The Labute approximate surface area is 103 Å². The smallest absolute Gasteiger partial charge is 0.251 e. The number of rotatable bonds is 5. The Morgan fingerprint density at radius 2 is 2.00 bits per heavy atom. The van der Waals surface area contributed by atoms with Gasteiger partial charge in [0, 0.05) is 19.2 Å². The summed E-state index contributed by atoms with van der Waals surface area (Å²) in [7, 11) is 0. The van der Waals surface area contributed by atoms with Gasteiger partial charge >= 0.3 is 0 Å². The number of carbonyl (C=O) groups excluding carboxylic acids is 1. The summed E-state index contributed by atoms with van der Waals surface area (Å²) >= 11 is 0. The van der Waals surface area contributed by atoms with Gasteiger partial charge in [0.15, 0.2) is 0 Å². The van der Waals surface area contributed by atoms with Crippen molar-refractivity contribution in [2.45, 2.75) is 57.1 Å². The lowest BCUT2D eigenvalue weighted by molar-refractivity contribution is -0.143. The molecule has 17 heavy (non-hydrogen) atoms. The molecule has 0 bridgehead atoms. The second-order valence-electron chi connectivity index (χ2n) is 5.11. The van der Waals surface area contributed by atoms with E-state index in [1.54, 1.807) is 0 Å². The van der Waals surface area contributed by atoms with E-state index in [2.05, 4.69) is 4.90 Å². The molecule has 1 saturated carbocycles. The van der Waals surface area contributed by atoms with Crippen molar-refractivity contribution in [1.82, 2.24) is 4.90 Å². The lowest BCUT2D eigenvalue weighted by Crippen LogP contribution is -2.45. The molecule has 1 unspecified atom stereocenters. The number of carbonyl (C=O) groups is 1. The van der Waals surface area contributed by atoms with Crippen LogP contribution in [-0.4, -0.2) is 42.6 Å². The van der Waals surface area contributed by atoms with E-state index in [9.17, 15) is 4.79 Å². The van der Waals surface area contributed by atoms with Crippen LogP contribution >= 0.6 is 0 Å². The van der Waals surface area contributed by atoms with Crippen LogP contribution in [0.4, 0.5) is 0 Å². The van der Waals surface area contributed by atoms with Crippen molar-refractivity contribution in [2.75, 3.05) is 19.7 Å². The first-order valence-electron chi connectivity index (χ1n) is 6.95. The van der Waals surface area contributed by atoms with Gasteiger partial charge in [-0.25, -0.2) is 0 Å². The summed E-state index contributed by atoms with van der Waals surface area (Å²) in [4.78, 5) is 14.4. The summed E-state index contributed by atoms with van der Waals surface area (Å²) in [6.07, 6.45) is 7.45. The SMILES string of the molecule is NCCCN(C(=O)C1CCCO1)C1CCCC1. The molecule has 0 aromatic rings. The van der Waals surface area contributed by atoms with Gasteiger partial charge < -0.3 is 15.4 Å². The molecule has 4 nitrogen and oxygen atoms in total. The normalized spacial score (nSPS) is 25.4. The first-order valence-corrected chi connectivity index (χ1v) is 6.95. The largest absolute Gasteiger partial charge is 0.368 e. The Hall–Kier alpha value is -0.610. The fraction of sp³-hybridized carbons (Fsp3) is 0.923. The van der Waals surface area contributed by atoms with Crippen LogP contribution in [0.3, 0.4) is 0 Å². The van der Waals surface area contributed by atoms with Gasteiger partial charge in [0.2, 0.25) is 0 Å².